The summed E-state index contributed by atoms with van der Waals surface area (Å²) < 4.78 is 29.4. The average Bonchev–Trinajstić information content (AvgIpc) is 3.68. The first-order valence-corrected chi connectivity index (χ1v) is 16.7. The molecule has 0 saturated carbocycles. The molecule has 0 spiro atoms. The number of rotatable bonds is 13. The van der Waals surface area contributed by atoms with Crippen molar-refractivity contribution in [3.8, 4) is 5.75 Å². The number of ether oxygens (including phenoxy) is 3. The predicted octanol–water partition coefficient (Wildman–Crippen LogP) is 7.01. The van der Waals surface area contributed by atoms with E-state index >= 15 is 0 Å². The Hall–Kier alpha value is -3.92. The number of halogens is 2. The predicted molar refractivity (Wildman–Crippen MR) is 183 cm³/mol. The van der Waals surface area contributed by atoms with Gasteiger partial charge in [-0.15, -0.1) is 0 Å². The molecule has 3 aliphatic rings. The summed E-state index contributed by atoms with van der Waals surface area (Å²) in [4.78, 5) is 29.7. The number of benzene rings is 3. The second kappa shape index (κ2) is 15.3. The molecule has 3 aromatic carbocycles. The topological polar surface area (TPSA) is 71.6 Å². The summed E-state index contributed by atoms with van der Waals surface area (Å²) in [5.74, 6) is 0.803. The summed E-state index contributed by atoms with van der Waals surface area (Å²) in [6.45, 7) is 3.95. The van der Waals surface area contributed by atoms with Gasteiger partial charge in [-0.05, 0) is 102 Å². The maximum absolute atomic E-state index is 12.7. The van der Waals surface area contributed by atoms with Crippen molar-refractivity contribution in [2.45, 2.75) is 38.2 Å². The zero-order valence-electron chi connectivity index (χ0n) is 26.8. The van der Waals surface area contributed by atoms with Gasteiger partial charge in [0.05, 0.1) is 24.8 Å². The highest BCUT2D eigenvalue weighted by Crippen LogP contribution is 2.43. The first kappa shape index (κ1) is 33.0. The molecule has 2 heterocycles. The second-order valence-corrected chi connectivity index (χ2v) is 12.6. The van der Waals surface area contributed by atoms with E-state index in [0.717, 1.165) is 96.6 Å². The molecular formula is C37H41ClFN3O5. The molecule has 1 aliphatic carbocycles. The average molecular weight is 662 g/mol. The summed E-state index contributed by atoms with van der Waals surface area (Å²) in [7, 11) is 1.61. The van der Waals surface area contributed by atoms with Gasteiger partial charge < -0.3 is 19.1 Å². The van der Waals surface area contributed by atoms with Gasteiger partial charge in [-0.2, -0.15) is 0 Å². The number of anilines is 2. The third-order valence-electron chi connectivity index (χ3n) is 9.16. The maximum atomic E-state index is 12.7. The Morgan fingerprint density at radius 2 is 1.89 bits per heavy atom. The summed E-state index contributed by atoms with van der Waals surface area (Å²) in [5, 5.41) is 0.567. The van der Waals surface area contributed by atoms with Gasteiger partial charge in [0.2, 0.25) is 6.41 Å². The van der Waals surface area contributed by atoms with Gasteiger partial charge in [-0.3, -0.25) is 19.0 Å². The number of aryl methyl sites for hydroxylation is 1. The summed E-state index contributed by atoms with van der Waals surface area (Å²) in [6, 6.07) is 20.2. The van der Waals surface area contributed by atoms with Crippen LogP contribution in [0.3, 0.4) is 0 Å². The lowest BCUT2D eigenvalue weighted by molar-refractivity contribution is -0.107. The molecule has 3 aromatic rings. The van der Waals surface area contributed by atoms with Crippen LogP contribution in [0.4, 0.5) is 20.6 Å². The van der Waals surface area contributed by atoms with Crippen molar-refractivity contribution in [2.75, 3.05) is 69.5 Å². The number of methoxy groups -OCH3 is 1. The summed E-state index contributed by atoms with van der Waals surface area (Å²) >= 11 is 7.01. The molecule has 0 bridgehead atoms. The van der Waals surface area contributed by atoms with Crippen LogP contribution in [-0.4, -0.2) is 83.2 Å². The van der Waals surface area contributed by atoms with Crippen LogP contribution in [0.25, 0.3) is 11.1 Å². The number of cyclic esters (lactones) is 1. The van der Waals surface area contributed by atoms with E-state index in [-0.39, 0.29) is 18.9 Å². The van der Waals surface area contributed by atoms with E-state index in [0.29, 0.717) is 43.4 Å². The number of carbonyl (C=O) groups excluding carboxylic acids is 2. The van der Waals surface area contributed by atoms with Crippen molar-refractivity contribution in [1.29, 1.82) is 0 Å². The molecule has 0 N–H and O–H groups in total. The molecule has 248 valence electrons. The van der Waals surface area contributed by atoms with Gasteiger partial charge >= 0.3 is 6.09 Å². The number of nitrogens with zero attached hydrogens (tertiary/aromatic N) is 3. The second-order valence-electron chi connectivity index (χ2n) is 12.2. The quantitative estimate of drug-likeness (QED) is 0.184. The summed E-state index contributed by atoms with van der Waals surface area (Å²) in [5.41, 5.74) is 7.96. The molecule has 6 rings (SSSR count). The Morgan fingerprint density at radius 1 is 1.06 bits per heavy atom. The Bertz CT molecular complexity index is 1610. The molecule has 0 aromatic heterocycles. The Labute approximate surface area is 280 Å². The fourth-order valence-corrected chi connectivity index (χ4v) is 7.09. The Balaban J connectivity index is 1.36. The molecule has 10 heteroatoms. The van der Waals surface area contributed by atoms with Crippen LogP contribution in [0.5, 0.6) is 5.75 Å². The zero-order chi connectivity index (χ0) is 32.8. The smallest absolute Gasteiger partial charge is 0.414 e. The van der Waals surface area contributed by atoms with Crippen LogP contribution in [0, 0.1) is 0 Å². The number of hydrogen-bond acceptors (Lipinski definition) is 6. The van der Waals surface area contributed by atoms with Crippen molar-refractivity contribution >= 4 is 46.6 Å². The van der Waals surface area contributed by atoms with Crippen LogP contribution in [0.2, 0.25) is 5.02 Å². The van der Waals surface area contributed by atoms with Gasteiger partial charge in [0.15, 0.2) is 0 Å². The minimum Gasteiger partial charge on any atom is -0.489 e. The van der Waals surface area contributed by atoms with E-state index in [1.165, 1.54) is 0 Å². The van der Waals surface area contributed by atoms with Crippen LogP contribution in [-0.2, 0) is 20.7 Å². The number of likely N-dealkylation sites (tertiary alicyclic amines) is 1. The van der Waals surface area contributed by atoms with Gasteiger partial charge in [0.25, 0.3) is 0 Å². The van der Waals surface area contributed by atoms with Gasteiger partial charge in [0, 0.05) is 44.7 Å². The molecular weight excluding hydrogens is 621 g/mol. The van der Waals surface area contributed by atoms with Crippen molar-refractivity contribution in [3.63, 3.8) is 0 Å². The Morgan fingerprint density at radius 3 is 2.62 bits per heavy atom. The number of alkyl halides is 1. The van der Waals surface area contributed by atoms with Gasteiger partial charge in [-0.25, -0.2) is 4.79 Å². The number of allylic oxidation sites excluding steroid dienone is 1. The molecule has 8 nitrogen and oxygen atoms in total. The highest BCUT2D eigenvalue weighted by molar-refractivity contribution is 6.33. The molecule has 1 unspecified atom stereocenters. The van der Waals surface area contributed by atoms with Crippen LogP contribution < -0.4 is 14.5 Å². The SMILES string of the molecule is COCCN(C=O)c1ccc(C2=C(c3ccc(OC4CCN(CCCF)C4)cc3)c3ccc(N4CCOC4=O)cc3CCC2)c(Cl)c1. The van der Waals surface area contributed by atoms with E-state index in [9.17, 15) is 14.0 Å². The molecule has 0 radical (unpaired) electrons. The third-order valence-corrected chi connectivity index (χ3v) is 9.47. The molecule has 2 fully saturated rings. The molecule has 2 aliphatic heterocycles. The zero-order valence-corrected chi connectivity index (χ0v) is 27.5. The van der Waals surface area contributed by atoms with Crippen LogP contribution in [0.1, 0.15) is 47.9 Å². The van der Waals surface area contributed by atoms with Crippen molar-refractivity contribution in [2.24, 2.45) is 0 Å². The largest absolute Gasteiger partial charge is 0.489 e. The van der Waals surface area contributed by atoms with Gasteiger partial charge in [-0.1, -0.05) is 35.9 Å². The minimum atomic E-state index is -0.319. The highest BCUT2D eigenvalue weighted by Gasteiger charge is 2.27. The normalized spacial score (nSPS) is 18.2. The Kier molecular flexibility index (Phi) is 10.8. The lowest BCUT2D eigenvalue weighted by atomic mass is 9.87. The number of fused-ring (bicyclic) bond motifs is 1. The van der Waals surface area contributed by atoms with Crippen LogP contribution in [0.15, 0.2) is 60.7 Å². The first-order valence-electron chi connectivity index (χ1n) is 16.4. The third kappa shape index (κ3) is 7.48. The molecule has 47 heavy (non-hydrogen) atoms. The fraction of sp³-hybridized carbons (Fsp3) is 0.405. The van der Waals surface area contributed by atoms with Crippen molar-refractivity contribution in [1.82, 2.24) is 4.90 Å². The lowest BCUT2D eigenvalue weighted by Crippen LogP contribution is -2.26. The van der Waals surface area contributed by atoms with E-state index < -0.39 is 0 Å². The maximum Gasteiger partial charge on any atom is 0.414 e. The van der Waals surface area contributed by atoms with E-state index in [4.69, 9.17) is 25.8 Å². The minimum absolute atomic E-state index is 0.0803. The first-order chi connectivity index (χ1) is 23.0. The van der Waals surface area contributed by atoms with Crippen molar-refractivity contribution < 1.29 is 28.2 Å². The van der Waals surface area contributed by atoms with Crippen molar-refractivity contribution in [3.05, 3.63) is 87.9 Å². The number of amides is 2. The van der Waals surface area contributed by atoms with E-state index in [1.54, 1.807) is 16.9 Å². The monoisotopic (exact) mass is 661 g/mol. The van der Waals surface area contributed by atoms with Gasteiger partial charge in [0.1, 0.15) is 18.5 Å². The lowest BCUT2D eigenvalue weighted by Gasteiger charge is -2.21. The molecule has 2 amide bonds. The summed E-state index contributed by atoms with van der Waals surface area (Å²) in [6.07, 6.45) is 4.56. The molecule has 1 atom stereocenters. The van der Waals surface area contributed by atoms with Crippen LogP contribution >= 0.6 is 11.6 Å². The van der Waals surface area contributed by atoms with E-state index in [1.807, 2.05) is 36.4 Å². The molecule has 2 saturated heterocycles. The highest BCUT2D eigenvalue weighted by atomic mass is 35.5. The fourth-order valence-electron chi connectivity index (χ4n) is 6.80. The number of hydrogen-bond donors (Lipinski definition) is 0. The standard InChI is InChI=1S/C37H41ClFN3O5/c1-45-20-18-41(25-43)28-8-13-33(35(38)23-28)34-5-2-4-27-22-29(42-19-21-46-37(42)44)9-12-32(27)36(34)26-6-10-30(11-7-26)47-31-14-17-40(24-31)16-3-15-39/h6-13,22-23,25,31H,2-5,14-21,24H2,1H3. The van der Waals surface area contributed by atoms with E-state index in [2.05, 4.69) is 29.2 Å². The number of carbonyl (C=O) groups is 2.